The lowest BCUT2D eigenvalue weighted by molar-refractivity contribution is 0.0950. The molecule has 0 atom stereocenters. The van der Waals surface area contributed by atoms with Gasteiger partial charge in [0, 0.05) is 14.5 Å². The summed E-state index contributed by atoms with van der Waals surface area (Å²) in [4.78, 5) is 12.2. The van der Waals surface area contributed by atoms with E-state index in [4.69, 9.17) is 0 Å². The number of hydrogen-bond acceptors (Lipinski definition) is 3. The molecule has 1 aromatic heterocycles. The Morgan fingerprint density at radius 3 is 2.28 bits per heavy atom. The monoisotopic (exact) mass is 460 g/mol. The summed E-state index contributed by atoms with van der Waals surface area (Å²) in [6.07, 6.45) is 0. The van der Waals surface area contributed by atoms with Gasteiger partial charge in [-0.15, -0.1) is 0 Å². The predicted molar refractivity (Wildman–Crippen MR) is 106 cm³/mol. The Kier molecular flexibility index (Phi) is 5.45. The SMILES string of the molecule is C/C(=N\NC(=O)c1cc(-c2ccc(Br)cc2)n[nH]1)c1ccc(Br)cc1. The summed E-state index contributed by atoms with van der Waals surface area (Å²) in [7, 11) is 0. The summed E-state index contributed by atoms with van der Waals surface area (Å²) < 4.78 is 1.98. The van der Waals surface area contributed by atoms with E-state index in [2.05, 4.69) is 52.6 Å². The lowest BCUT2D eigenvalue weighted by atomic mass is 10.1. The number of benzene rings is 2. The molecule has 5 nitrogen and oxygen atoms in total. The Bertz CT molecular complexity index is 915. The molecule has 0 unspecified atom stereocenters. The molecule has 0 radical (unpaired) electrons. The average molecular weight is 462 g/mol. The number of carbonyl (C=O) groups is 1. The minimum atomic E-state index is -0.340. The van der Waals surface area contributed by atoms with Crippen molar-refractivity contribution < 1.29 is 4.79 Å². The average Bonchev–Trinajstić information content (AvgIpc) is 3.11. The molecule has 1 amide bonds. The molecule has 0 aliphatic heterocycles. The smallest absolute Gasteiger partial charge is 0.272 e. The van der Waals surface area contributed by atoms with E-state index in [1.54, 1.807) is 6.07 Å². The molecule has 3 rings (SSSR count). The fourth-order valence-electron chi connectivity index (χ4n) is 2.16. The van der Waals surface area contributed by atoms with Crippen molar-refractivity contribution >= 4 is 43.5 Å². The van der Waals surface area contributed by atoms with Crippen molar-refractivity contribution in [2.75, 3.05) is 0 Å². The Hall–Kier alpha value is -2.25. The van der Waals surface area contributed by atoms with Crippen LogP contribution in [0, 0.1) is 0 Å². The molecule has 7 heteroatoms. The molecule has 0 saturated carbocycles. The fraction of sp³-hybridized carbons (Fsp3) is 0.0556. The number of hydrogen-bond donors (Lipinski definition) is 2. The summed E-state index contributed by atoms with van der Waals surface area (Å²) in [5.41, 5.74) is 6.17. The van der Waals surface area contributed by atoms with Gasteiger partial charge in [-0.25, -0.2) is 5.43 Å². The molecular weight excluding hydrogens is 448 g/mol. The van der Waals surface area contributed by atoms with Crippen LogP contribution in [-0.4, -0.2) is 21.8 Å². The number of rotatable bonds is 4. The molecule has 25 heavy (non-hydrogen) atoms. The van der Waals surface area contributed by atoms with Crippen molar-refractivity contribution in [1.82, 2.24) is 15.6 Å². The molecular formula is C18H14Br2N4O. The van der Waals surface area contributed by atoms with E-state index < -0.39 is 0 Å². The van der Waals surface area contributed by atoms with E-state index in [9.17, 15) is 4.79 Å². The summed E-state index contributed by atoms with van der Waals surface area (Å²) in [5, 5.41) is 11.1. The maximum absolute atomic E-state index is 12.2. The second kappa shape index (κ2) is 7.76. The van der Waals surface area contributed by atoms with Gasteiger partial charge in [0.25, 0.3) is 5.91 Å². The number of aromatic amines is 1. The normalized spacial score (nSPS) is 11.4. The third-order valence-corrected chi connectivity index (χ3v) is 4.61. The van der Waals surface area contributed by atoms with Crippen LogP contribution >= 0.6 is 31.9 Å². The molecule has 0 aliphatic rings. The van der Waals surface area contributed by atoms with Crippen molar-refractivity contribution in [3.63, 3.8) is 0 Å². The van der Waals surface area contributed by atoms with Crippen molar-refractivity contribution in [1.29, 1.82) is 0 Å². The van der Waals surface area contributed by atoms with Gasteiger partial charge in [0.2, 0.25) is 0 Å². The zero-order chi connectivity index (χ0) is 17.8. The summed E-state index contributed by atoms with van der Waals surface area (Å²) >= 11 is 6.78. The number of nitrogens with one attached hydrogen (secondary N) is 2. The predicted octanol–water partition coefficient (Wildman–Crippen LogP) is 4.76. The molecule has 3 aromatic rings. The minimum Gasteiger partial charge on any atom is -0.272 e. The van der Waals surface area contributed by atoms with Crippen molar-refractivity contribution in [3.8, 4) is 11.3 Å². The number of hydrazone groups is 1. The van der Waals surface area contributed by atoms with Crippen LogP contribution in [0.1, 0.15) is 23.0 Å². The second-order valence-corrected chi connectivity index (χ2v) is 7.15. The first-order valence-corrected chi connectivity index (χ1v) is 9.03. The largest absolute Gasteiger partial charge is 0.289 e. The van der Waals surface area contributed by atoms with Crippen LogP contribution in [0.3, 0.4) is 0 Å². The van der Waals surface area contributed by atoms with Gasteiger partial charge in [-0.1, -0.05) is 56.1 Å². The van der Waals surface area contributed by atoms with E-state index in [1.165, 1.54) is 0 Å². The number of halogens is 2. The van der Waals surface area contributed by atoms with E-state index in [1.807, 2.05) is 55.5 Å². The van der Waals surface area contributed by atoms with Gasteiger partial charge in [0.15, 0.2) is 0 Å². The molecule has 126 valence electrons. The van der Waals surface area contributed by atoms with Crippen LogP contribution in [0.4, 0.5) is 0 Å². The maximum Gasteiger partial charge on any atom is 0.289 e. The highest BCUT2D eigenvalue weighted by atomic mass is 79.9. The van der Waals surface area contributed by atoms with Gasteiger partial charge in [0.1, 0.15) is 5.69 Å². The molecule has 0 fully saturated rings. The Balaban J connectivity index is 1.70. The van der Waals surface area contributed by atoms with Crippen LogP contribution in [0.15, 0.2) is 68.6 Å². The minimum absolute atomic E-state index is 0.340. The van der Waals surface area contributed by atoms with Crippen LogP contribution in [-0.2, 0) is 0 Å². The Morgan fingerprint density at radius 1 is 1.04 bits per heavy atom. The lowest BCUT2D eigenvalue weighted by Gasteiger charge is -2.02. The van der Waals surface area contributed by atoms with Crippen molar-refractivity contribution in [2.24, 2.45) is 5.10 Å². The van der Waals surface area contributed by atoms with Gasteiger partial charge in [-0.3, -0.25) is 9.89 Å². The third-order valence-electron chi connectivity index (χ3n) is 3.55. The molecule has 0 aliphatic carbocycles. The number of amides is 1. The maximum atomic E-state index is 12.2. The molecule has 0 saturated heterocycles. The fourth-order valence-corrected chi connectivity index (χ4v) is 2.69. The van der Waals surface area contributed by atoms with Crippen LogP contribution < -0.4 is 5.43 Å². The first-order chi connectivity index (χ1) is 12.0. The van der Waals surface area contributed by atoms with E-state index >= 15 is 0 Å². The topological polar surface area (TPSA) is 70.1 Å². The Morgan fingerprint density at radius 2 is 1.64 bits per heavy atom. The third kappa shape index (κ3) is 4.43. The van der Waals surface area contributed by atoms with E-state index in [0.29, 0.717) is 17.1 Å². The van der Waals surface area contributed by atoms with Crippen molar-refractivity contribution in [2.45, 2.75) is 6.92 Å². The zero-order valence-corrected chi connectivity index (χ0v) is 16.4. The van der Waals surface area contributed by atoms with Crippen LogP contribution in [0.5, 0.6) is 0 Å². The summed E-state index contributed by atoms with van der Waals surface area (Å²) in [6.45, 7) is 1.84. The van der Waals surface area contributed by atoms with Gasteiger partial charge in [-0.05, 0) is 42.8 Å². The number of H-pyrrole nitrogens is 1. The molecule has 2 aromatic carbocycles. The van der Waals surface area contributed by atoms with Gasteiger partial charge in [0.05, 0.1) is 11.4 Å². The standard InChI is InChI=1S/C18H14Br2N4O/c1-11(12-2-6-14(19)7-3-12)21-24-18(25)17-10-16(22-23-17)13-4-8-15(20)9-5-13/h2-10H,1H3,(H,22,23)(H,24,25)/b21-11+. The highest BCUT2D eigenvalue weighted by molar-refractivity contribution is 9.10. The number of nitrogens with zero attached hydrogens (tertiary/aromatic N) is 2. The molecule has 0 spiro atoms. The van der Waals surface area contributed by atoms with Crippen molar-refractivity contribution in [3.05, 3.63) is 74.8 Å². The van der Waals surface area contributed by atoms with Crippen LogP contribution in [0.2, 0.25) is 0 Å². The Labute approximate surface area is 161 Å². The van der Waals surface area contributed by atoms with Gasteiger partial charge in [-0.2, -0.15) is 10.2 Å². The van der Waals surface area contributed by atoms with Gasteiger partial charge >= 0.3 is 0 Å². The first-order valence-electron chi connectivity index (χ1n) is 7.45. The quantitative estimate of drug-likeness (QED) is 0.434. The highest BCUT2D eigenvalue weighted by Crippen LogP contribution is 2.20. The zero-order valence-electron chi connectivity index (χ0n) is 13.3. The second-order valence-electron chi connectivity index (χ2n) is 5.32. The molecule has 2 N–H and O–H groups in total. The first kappa shape index (κ1) is 17.6. The van der Waals surface area contributed by atoms with E-state index in [0.717, 1.165) is 20.1 Å². The lowest BCUT2D eigenvalue weighted by Crippen LogP contribution is -2.19. The summed E-state index contributed by atoms with van der Waals surface area (Å²) in [6, 6.07) is 17.1. The highest BCUT2D eigenvalue weighted by Gasteiger charge is 2.10. The number of carbonyl (C=O) groups excluding carboxylic acids is 1. The number of aromatic nitrogens is 2. The van der Waals surface area contributed by atoms with Gasteiger partial charge < -0.3 is 0 Å². The van der Waals surface area contributed by atoms with Crippen LogP contribution in [0.25, 0.3) is 11.3 Å². The van der Waals surface area contributed by atoms with E-state index in [-0.39, 0.29) is 5.91 Å². The molecule has 1 heterocycles. The summed E-state index contributed by atoms with van der Waals surface area (Å²) in [5.74, 6) is -0.340. The molecule has 0 bridgehead atoms.